The molecule has 0 aliphatic heterocycles. The number of hydrogen-bond acceptors (Lipinski definition) is 6. The van der Waals surface area contributed by atoms with Crippen molar-refractivity contribution in [3.05, 3.63) is 122 Å². The van der Waals surface area contributed by atoms with Gasteiger partial charge in [-0.3, -0.25) is 14.4 Å². The van der Waals surface area contributed by atoms with Crippen molar-refractivity contribution in [3.8, 4) is 0 Å². The van der Waals surface area contributed by atoms with Crippen LogP contribution in [0.25, 0.3) is 0 Å². The fourth-order valence-electron chi connectivity index (χ4n) is 6.05. The average molecular weight is 843 g/mol. The van der Waals surface area contributed by atoms with Crippen molar-refractivity contribution in [2.75, 3.05) is 13.2 Å². The second kappa shape index (κ2) is 48.5. The molecule has 6 nitrogen and oxygen atoms in total. The maximum atomic E-state index is 12.8. The molecule has 0 heterocycles. The maximum absolute atomic E-state index is 12.8. The van der Waals surface area contributed by atoms with Crippen molar-refractivity contribution in [3.63, 3.8) is 0 Å². The molecule has 0 saturated heterocycles. The molecule has 6 heteroatoms. The molecule has 0 amide bonds. The highest BCUT2D eigenvalue weighted by Gasteiger charge is 2.19. The Bertz CT molecular complexity index is 1340. The zero-order valence-corrected chi connectivity index (χ0v) is 38.9. The van der Waals surface area contributed by atoms with Crippen molar-refractivity contribution in [1.29, 1.82) is 0 Å². The van der Waals surface area contributed by atoms with E-state index in [9.17, 15) is 14.4 Å². The van der Waals surface area contributed by atoms with Gasteiger partial charge in [-0.1, -0.05) is 200 Å². The molecule has 0 rings (SSSR count). The van der Waals surface area contributed by atoms with Gasteiger partial charge < -0.3 is 14.2 Å². The number of rotatable bonds is 41. The molecular formula is C55H86O6. The zero-order valence-electron chi connectivity index (χ0n) is 38.9. The summed E-state index contributed by atoms with van der Waals surface area (Å²) in [5.41, 5.74) is 0. The SMILES string of the molecule is CC\C=C/C=C\C=C/C=C\C=C/CCCC(=O)OCC(COC(=O)CCCCCCCC/C=C\C/C=C\C/C=C\CC)OC(=O)CCCCCCCCC/C=C\C/C=C\CC. The second-order valence-corrected chi connectivity index (χ2v) is 15.3. The fraction of sp³-hybridized carbons (Fsp3) is 0.582. The van der Waals surface area contributed by atoms with Crippen molar-refractivity contribution >= 4 is 17.9 Å². The standard InChI is InChI=1S/C55H86O6/c1-4-7-10-13-16-19-22-25-27-28-31-33-36-39-42-45-48-54(57)60-51-52(50-59-53(56)47-44-41-38-35-32-29-24-21-18-15-12-9-6-3)61-55(58)49-46-43-40-37-34-30-26-23-20-17-14-11-8-5-2/h7-12,15-21,24-25,27,29,32,35,38,52H,4-6,13-14,22-23,26,28,30-31,33-34,36-37,39-51H2,1-3H3/b10-7-,11-8-,12-9-,18-15-,19-16-,20-17-,24-21-,27-25-,32-29-,38-35-. The van der Waals surface area contributed by atoms with Crippen LogP contribution in [-0.2, 0) is 28.6 Å². The predicted molar refractivity (Wildman–Crippen MR) is 260 cm³/mol. The first kappa shape index (κ1) is 56.8. The van der Waals surface area contributed by atoms with E-state index in [4.69, 9.17) is 14.2 Å². The summed E-state index contributed by atoms with van der Waals surface area (Å²) in [5.74, 6) is -1.02. The Morgan fingerprint density at radius 1 is 0.344 bits per heavy atom. The molecule has 0 aromatic rings. The second-order valence-electron chi connectivity index (χ2n) is 15.3. The number of hydrogen-bond donors (Lipinski definition) is 0. The van der Waals surface area contributed by atoms with Crippen LogP contribution < -0.4 is 0 Å². The zero-order chi connectivity index (χ0) is 44.4. The number of ether oxygens (including phenoxy) is 3. The van der Waals surface area contributed by atoms with Crippen molar-refractivity contribution in [2.24, 2.45) is 0 Å². The van der Waals surface area contributed by atoms with Gasteiger partial charge in [-0.15, -0.1) is 0 Å². The molecule has 0 radical (unpaired) electrons. The van der Waals surface area contributed by atoms with Crippen molar-refractivity contribution < 1.29 is 28.6 Å². The summed E-state index contributed by atoms with van der Waals surface area (Å²) in [7, 11) is 0. The quantitative estimate of drug-likeness (QED) is 0.0201. The Kier molecular flexibility index (Phi) is 45.1. The van der Waals surface area contributed by atoms with Gasteiger partial charge in [-0.25, -0.2) is 0 Å². The van der Waals surface area contributed by atoms with Crippen LogP contribution in [0, 0.1) is 0 Å². The van der Waals surface area contributed by atoms with E-state index in [1.807, 2.05) is 54.7 Å². The fourth-order valence-corrected chi connectivity index (χ4v) is 6.05. The number of esters is 3. The minimum Gasteiger partial charge on any atom is -0.462 e. The normalized spacial score (nSPS) is 13.2. The van der Waals surface area contributed by atoms with Crippen molar-refractivity contribution in [1.82, 2.24) is 0 Å². The van der Waals surface area contributed by atoms with Gasteiger partial charge in [0, 0.05) is 19.3 Å². The lowest BCUT2D eigenvalue weighted by Crippen LogP contribution is -2.30. The Hall–Kier alpha value is -4.19. The molecule has 0 aliphatic carbocycles. The van der Waals surface area contributed by atoms with Gasteiger partial charge in [-0.2, -0.15) is 0 Å². The minimum absolute atomic E-state index is 0.115. The van der Waals surface area contributed by atoms with E-state index < -0.39 is 6.10 Å². The number of unbranched alkanes of at least 4 members (excludes halogenated alkanes) is 14. The Morgan fingerprint density at radius 3 is 1.16 bits per heavy atom. The summed E-state index contributed by atoms with van der Waals surface area (Å²) in [4.78, 5) is 37.9. The molecule has 0 saturated carbocycles. The lowest BCUT2D eigenvalue weighted by molar-refractivity contribution is -0.167. The largest absolute Gasteiger partial charge is 0.462 e. The third kappa shape index (κ3) is 46.7. The highest BCUT2D eigenvalue weighted by molar-refractivity contribution is 5.71. The first-order valence-electron chi connectivity index (χ1n) is 24.1. The Labute approximate surface area is 373 Å². The Balaban J connectivity index is 4.53. The van der Waals surface area contributed by atoms with Gasteiger partial charge in [0.15, 0.2) is 6.10 Å². The molecular weight excluding hydrogens is 757 g/mol. The summed E-state index contributed by atoms with van der Waals surface area (Å²) in [6.45, 7) is 6.17. The molecule has 0 fully saturated rings. The van der Waals surface area contributed by atoms with Gasteiger partial charge >= 0.3 is 17.9 Å². The van der Waals surface area contributed by atoms with Gasteiger partial charge in [-0.05, 0) is 89.9 Å². The topological polar surface area (TPSA) is 78.9 Å². The van der Waals surface area contributed by atoms with Crippen LogP contribution in [0.5, 0.6) is 0 Å². The van der Waals surface area contributed by atoms with E-state index in [2.05, 4.69) is 87.6 Å². The molecule has 1 atom stereocenters. The smallest absolute Gasteiger partial charge is 0.306 e. The molecule has 0 aliphatic rings. The predicted octanol–water partition coefficient (Wildman–Crippen LogP) is 15.7. The van der Waals surface area contributed by atoms with Crippen molar-refractivity contribution in [2.45, 2.75) is 194 Å². The minimum atomic E-state index is -0.819. The van der Waals surface area contributed by atoms with E-state index in [0.29, 0.717) is 19.3 Å². The van der Waals surface area contributed by atoms with Crippen LogP contribution in [0.1, 0.15) is 188 Å². The van der Waals surface area contributed by atoms with Gasteiger partial charge in [0.05, 0.1) is 0 Å². The van der Waals surface area contributed by atoms with E-state index in [1.54, 1.807) is 0 Å². The van der Waals surface area contributed by atoms with E-state index in [0.717, 1.165) is 103 Å². The highest BCUT2D eigenvalue weighted by Crippen LogP contribution is 2.13. The lowest BCUT2D eigenvalue weighted by Gasteiger charge is -2.18. The highest BCUT2D eigenvalue weighted by atomic mass is 16.6. The van der Waals surface area contributed by atoms with E-state index in [1.165, 1.54) is 38.5 Å². The molecule has 0 aromatic heterocycles. The molecule has 0 spiro atoms. The molecule has 61 heavy (non-hydrogen) atoms. The number of carbonyl (C=O) groups excluding carboxylic acids is 3. The van der Waals surface area contributed by atoms with Gasteiger partial charge in [0.25, 0.3) is 0 Å². The van der Waals surface area contributed by atoms with Gasteiger partial charge in [0.2, 0.25) is 0 Å². The summed E-state index contributed by atoms with van der Waals surface area (Å²) in [5, 5.41) is 0. The summed E-state index contributed by atoms with van der Waals surface area (Å²) in [6.07, 6.45) is 66.2. The van der Waals surface area contributed by atoms with Gasteiger partial charge in [0.1, 0.15) is 13.2 Å². The van der Waals surface area contributed by atoms with Crippen LogP contribution in [0.15, 0.2) is 122 Å². The average Bonchev–Trinajstić information content (AvgIpc) is 3.26. The monoisotopic (exact) mass is 843 g/mol. The van der Waals surface area contributed by atoms with Crippen LogP contribution in [0.4, 0.5) is 0 Å². The van der Waals surface area contributed by atoms with Crippen LogP contribution in [-0.4, -0.2) is 37.2 Å². The van der Waals surface area contributed by atoms with E-state index >= 15 is 0 Å². The summed E-state index contributed by atoms with van der Waals surface area (Å²) < 4.78 is 16.7. The molecule has 342 valence electrons. The first-order chi connectivity index (χ1) is 30.0. The third-order valence-electron chi connectivity index (χ3n) is 9.57. The molecule has 0 aromatic carbocycles. The maximum Gasteiger partial charge on any atom is 0.306 e. The van der Waals surface area contributed by atoms with Crippen LogP contribution in [0.3, 0.4) is 0 Å². The number of carbonyl (C=O) groups is 3. The van der Waals surface area contributed by atoms with Crippen LogP contribution in [0.2, 0.25) is 0 Å². The molecule has 0 N–H and O–H groups in total. The summed E-state index contributed by atoms with van der Waals surface area (Å²) >= 11 is 0. The number of allylic oxidation sites excluding steroid dienone is 20. The Morgan fingerprint density at radius 2 is 0.689 bits per heavy atom. The third-order valence-corrected chi connectivity index (χ3v) is 9.57. The summed E-state index contributed by atoms with van der Waals surface area (Å²) in [6, 6.07) is 0. The molecule has 1 unspecified atom stereocenters. The van der Waals surface area contributed by atoms with Crippen LogP contribution >= 0.6 is 0 Å². The first-order valence-corrected chi connectivity index (χ1v) is 24.1. The molecule has 0 bridgehead atoms. The lowest BCUT2D eigenvalue weighted by atomic mass is 10.1. The van der Waals surface area contributed by atoms with E-state index in [-0.39, 0.29) is 37.5 Å².